The zero-order chi connectivity index (χ0) is 13.2. The standard InChI is InChI=1S/C16H24O2/c1-11(13(17)18)4-16-7-12-5-14(2,9-16)8-15(3,6-12)10-16/h4,12H,5-10H2,1-3H3,(H,17,18)/b11-4+. The van der Waals surface area contributed by atoms with Crippen LogP contribution in [0.1, 0.15) is 59.3 Å². The maximum atomic E-state index is 11.1. The zero-order valence-electron chi connectivity index (χ0n) is 11.8. The molecule has 4 aliphatic carbocycles. The van der Waals surface area contributed by atoms with Crippen LogP contribution in [0.2, 0.25) is 0 Å². The van der Waals surface area contributed by atoms with Crippen LogP contribution in [0.3, 0.4) is 0 Å². The Morgan fingerprint density at radius 1 is 1.11 bits per heavy atom. The van der Waals surface area contributed by atoms with Crippen LogP contribution in [0.5, 0.6) is 0 Å². The van der Waals surface area contributed by atoms with Crippen molar-refractivity contribution in [3.63, 3.8) is 0 Å². The van der Waals surface area contributed by atoms with E-state index in [1.54, 1.807) is 6.92 Å². The van der Waals surface area contributed by atoms with Gasteiger partial charge in [0.2, 0.25) is 0 Å². The molecule has 0 aliphatic heterocycles. The fraction of sp³-hybridized carbons (Fsp3) is 0.812. The van der Waals surface area contributed by atoms with Crippen LogP contribution in [-0.2, 0) is 4.79 Å². The van der Waals surface area contributed by atoms with Gasteiger partial charge in [-0.15, -0.1) is 0 Å². The Morgan fingerprint density at radius 3 is 2.11 bits per heavy atom. The molecule has 0 amide bonds. The summed E-state index contributed by atoms with van der Waals surface area (Å²) in [5.74, 6) is 0.0788. The first-order valence-corrected chi connectivity index (χ1v) is 7.16. The largest absolute Gasteiger partial charge is 0.478 e. The first-order chi connectivity index (χ1) is 8.23. The van der Waals surface area contributed by atoms with E-state index in [1.807, 2.05) is 0 Å². The molecule has 4 saturated carbocycles. The van der Waals surface area contributed by atoms with Gasteiger partial charge < -0.3 is 5.11 Å². The molecule has 1 N–H and O–H groups in total. The van der Waals surface area contributed by atoms with Gasteiger partial charge in [0.05, 0.1) is 0 Å². The molecule has 4 aliphatic rings. The molecule has 18 heavy (non-hydrogen) atoms. The molecule has 2 heteroatoms. The second kappa shape index (κ2) is 3.40. The second-order valence-corrected chi connectivity index (χ2v) is 8.12. The summed E-state index contributed by atoms with van der Waals surface area (Å²) >= 11 is 0. The summed E-state index contributed by atoms with van der Waals surface area (Å²) in [5.41, 5.74) is 1.65. The van der Waals surface area contributed by atoms with Crippen molar-refractivity contribution >= 4 is 5.97 Å². The third-order valence-corrected chi connectivity index (χ3v) is 5.53. The summed E-state index contributed by atoms with van der Waals surface area (Å²) in [7, 11) is 0. The fourth-order valence-corrected chi connectivity index (χ4v) is 6.22. The van der Waals surface area contributed by atoms with Crippen molar-refractivity contribution in [2.75, 3.05) is 0 Å². The van der Waals surface area contributed by atoms with Crippen LogP contribution in [0.25, 0.3) is 0 Å². The van der Waals surface area contributed by atoms with Crippen LogP contribution in [0.15, 0.2) is 11.6 Å². The third kappa shape index (κ3) is 1.81. The molecule has 0 spiro atoms. The van der Waals surface area contributed by atoms with E-state index in [2.05, 4.69) is 19.9 Å². The van der Waals surface area contributed by atoms with Crippen molar-refractivity contribution in [1.29, 1.82) is 0 Å². The Labute approximate surface area is 109 Å². The Morgan fingerprint density at radius 2 is 1.67 bits per heavy atom. The lowest BCUT2D eigenvalue weighted by molar-refractivity contribution is -0.134. The lowest BCUT2D eigenvalue weighted by atomic mass is 9.40. The highest BCUT2D eigenvalue weighted by Crippen LogP contribution is 2.70. The zero-order valence-corrected chi connectivity index (χ0v) is 11.8. The van der Waals surface area contributed by atoms with E-state index in [-0.39, 0.29) is 5.41 Å². The molecule has 0 aromatic heterocycles. The van der Waals surface area contributed by atoms with Gasteiger partial charge in [0.1, 0.15) is 0 Å². The van der Waals surface area contributed by atoms with E-state index in [0.717, 1.165) is 5.92 Å². The van der Waals surface area contributed by atoms with E-state index < -0.39 is 5.97 Å². The summed E-state index contributed by atoms with van der Waals surface area (Å²) in [6.07, 6.45) is 9.82. The number of aliphatic carboxylic acids is 1. The van der Waals surface area contributed by atoms with Crippen LogP contribution in [0.4, 0.5) is 0 Å². The summed E-state index contributed by atoms with van der Waals surface area (Å²) < 4.78 is 0. The highest BCUT2D eigenvalue weighted by Gasteiger charge is 2.59. The molecule has 0 radical (unpaired) electrons. The molecular formula is C16H24O2. The summed E-state index contributed by atoms with van der Waals surface area (Å²) in [6, 6.07) is 0. The molecule has 2 atom stereocenters. The highest BCUT2D eigenvalue weighted by atomic mass is 16.4. The van der Waals surface area contributed by atoms with Crippen molar-refractivity contribution < 1.29 is 9.90 Å². The van der Waals surface area contributed by atoms with Crippen LogP contribution < -0.4 is 0 Å². The predicted molar refractivity (Wildman–Crippen MR) is 71.2 cm³/mol. The van der Waals surface area contributed by atoms with Gasteiger partial charge in [0.15, 0.2) is 0 Å². The Hall–Kier alpha value is -0.790. The Kier molecular flexibility index (Phi) is 2.31. The molecular weight excluding hydrogens is 224 g/mol. The van der Waals surface area contributed by atoms with Gasteiger partial charge in [-0.2, -0.15) is 0 Å². The monoisotopic (exact) mass is 248 g/mol. The van der Waals surface area contributed by atoms with E-state index in [4.69, 9.17) is 5.11 Å². The number of hydrogen-bond acceptors (Lipinski definition) is 1. The predicted octanol–water partition coefficient (Wildman–Crippen LogP) is 4.01. The molecule has 4 rings (SSSR count). The normalized spacial score (nSPS) is 50.6. The number of carboxylic acid groups (broad SMARTS) is 1. The molecule has 4 fully saturated rings. The molecule has 0 heterocycles. The van der Waals surface area contributed by atoms with Gasteiger partial charge in [-0.1, -0.05) is 19.9 Å². The van der Waals surface area contributed by atoms with Gasteiger partial charge in [-0.05, 0) is 67.6 Å². The number of carbonyl (C=O) groups is 1. The minimum Gasteiger partial charge on any atom is -0.478 e. The van der Waals surface area contributed by atoms with Crippen molar-refractivity contribution in [3.05, 3.63) is 11.6 Å². The maximum Gasteiger partial charge on any atom is 0.330 e. The number of hydrogen-bond donors (Lipinski definition) is 1. The number of allylic oxidation sites excluding steroid dienone is 1. The van der Waals surface area contributed by atoms with E-state index in [0.29, 0.717) is 16.4 Å². The quantitative estimate of drug-likeness (QED) is 0.750. The summed E-state index contributed by atoms with van der Waals surface area (Å²) in [4.78, 5) is 11.1. The lowest BCUT2D eigenvalue weighted by Crippen LogP contribution is -2.54. The molecule has 0 saturated heterocycles. The van der Waals surface area contributed by atoms with Crippen molar-refractivity contribution in [1.82, 2.24) is 0 Å². The summed E-state index contributed by atoms with van der Waals surface area (Å²) in [5, 5.41) is 9.14. The minimum atomic E-state index is -0.749. The number of rotatable bonds is 2. The van der Waals surface area contributed by atoms with E-state index in [1.165, 1.54) is 38.5 Å². The van der Waals surface area contributed by atoms with Crippen LogP contribution in [-0.4, -0.2) is 11.1 Å². The van der Waals surface area contributed by atoms with Crippen molar-refractivity contribution in [2.24, 2.45) is 22.2 Å². The molecule has 100 valence electrons. The van der Waals surface area contributed by atoms with E-state index >= 15 is 0 Å². The molecule has 2 unspecified atom stereocenters. The fourth-order valence-electron chi connectivity index (χ4n) is 6.22. The minimum absolute atomic E-state index is 0.186. The SMILES string of the molecule is C/C(=C\C12CC3CC(C)(CC(C)(C3)C1)C2)C(=O)O. The Balaban J connectivity index is 1.99. The van der Waals surface area contributed by atoms with Crippen molar-refractivity contribution in [2.45, 2.75) is 59.3 Å². The Bertz CT molecular complexity index is 416. The third-order valence-electron chi connectivity index (χ3n) is 5.53. The van der Waals surface area contributed by atoms with Crippen LogP contribution >= 0.6 is 0 Å². The topological polar surface area (TPSA) is 37.3 Å². The average Bonchev–Trinajstić information content (AvgIpc) is 2.09. The van der Waals surface area contributed by atoms with Gasteiger partial charge in [-0.25, -0.2) is 4.79 Å². The van der Waals surface area contributed by atoms with Gasteiger partial charge in [0.25, 0.3) is 0 Å². The molecule has 0 aromatic rings. The van der Waals surface area contributed by atoms with Gasteiger partial charge in [-0.3, -0.25) is 0 Å². The first-order valence-electron chi connectivity index (χ1n) is 7.16. The van der Waals surface area contributed by atoms with E-state index in [9.17, 15) is 4.79 Å². The van der Waals surface area contributed by atoms with Gasteiger partial charge in [0, 0.05) is 5.57 Å². The number of carboxylic acids is 1. The first kappa shape index (κ1) is 12.3. The molecule has 0 aromatic carbocycles. The average molecular weight is 248 g/mol. The van der Waals surface area contributed by atoms with Crippen LogP contribution in [0, 0.1) is 22.2 Å². The molecule has 4 bridgehead atoms. The van der Waals surface area contributed by atoms with Gasteiger partial charge >= 0.3 is 5.97 Å². The molecule has 2 nitrogen and oxygen atoms in total. The van der Waals surface area contributed by atoms with Crippen molar-refractivity contribution in [3.8, 4) is 0 Å². The smallest absolute Gasteiger partial charge is 0.330 e. The highest BCUT2D eigenvalue weighted by molar-refractivity contribution is 5.85. The lowest BCUT2D eigenvalue weighted by Gasteiger charge is -2.65. The second-order valence-electron chi connectivity index (χ2n) is 8.12. The summed E-state index contributed by atoms with van der Waals surface area (Å²) in [6.45, 7) is 6.61. The maximum absolute atomic E-state index is 11.1.